The summed E-state index contributed by atoms with van der Waals surface area (Å²) in [5, 5.41) is 24.4. The first-order valence-electron chi connectivity index (χ1n) is 11.6. The average molecular weight is 555 g/mol. The summed E-state index contributed by atoms with van der Waals surface area (Å²) >= 11 is 5.89. The number of pyridine rings is 1. The number of nitrogens with one attached hydrogen (secondary N) is 3. The van der Waals surface area contributed by atoms with E-state index in [4.69, 9.17) is 21.7 Å². The van der Waals surface area contributed by atoms with Crippen molar-refractivity contribution in [1.82, 2.24) is 10.3 Å². The van der Waals surface area contributed by atoms with Gasteiger partial charge in [0.15, 0.2) is 5.75 Å². The second kappa shape index (κ2) is 11.9. The molecule has 0 fully saturated rings. The van der Waals surface area contributed by atoms with E-state index in [1.807, 2.05) is 0 Å². The molecule has 0 aliphatic heterocycles. The van der Waals surface area contributed by atoms with Gasteiger partial charge in [0.1, 0.15) is 11.5 Å². The number of ether oxygens (including phenoxy) is 1. The first-order valence-corrected chi connectivity index (χ1v) is 12.0. The van der Waals surface area contributed by atoms with E-state index in [9.17, 15) is 23.1 Å². The highest BCUT2D eigenvalue weighted by molar-refractivity contribution is 6.30. The van der Waals surface area contributed by atoms with Gasteiger partial charge < -0.3 is 25.9 Å². The first kappa shape index (κ1) is 27.5. The number of alkyl halides is 3. The number of nitrogens with zero attached hydrogens (tertiary/aromatic N) is 1. The van der Waals surface area contributed by atoms with Gasteiger partial charge >= 0.3 is 12.2 Å². The van der Waals surface area contributed by atoms with Crippen molar-refractivity contribution in [2.45, 2.75) is 18.6 Å². The molecular weight excluding hydrogens is 533 g/mol. The van der Waals surface area contributed by atoms with Crippen molar-refractivity contribution in [1.29, 1.82) is 5.41 Å². The molecule has 1 heterocycles. The van der Waals surface area contributed by atoms with E-state index in [0.29, 0.717) is 21.9 Å². The SMILES string of the molecule is N=C(CC(NC(=O)Nc1cc(C(F)(F)F)ccc1Oc1ccc(Cl)cc1)c1ccccc1O)c1cccnc1. The third-order valence-electron chi connectivity index (χ3n) is 5.63. The number of phenols is 1. The lowest BCUT2D eigenvalue weighted by atomic mass is 9.97. The molecule has 0 aliphatic rings. The number of phenolic OH excluding ortho intramolecular Hbond substituents is 1. The van der Waals surface area contributed by atoms with Crippen LogP contribution >= 0.6 is 11.6 Å². The normalized spacial score (nSPS) is 11.9. The third-order valence-corrected chi connectivity index (χ3v) is 5.88. The van der Waals surface area contributed by atoms with Gasteiger partial charge in [0.05, 0.1) is 17.3 Å². The second-order valence-electron chi connectivity index (χ2n) is 8.40. The number of carbonyl (C=O) groups excluding carboxylic acids is 1. The smallest absolute Gasteiger partial charge is 0.416 e. The van der Waals surface area contributed by atoms with E-state index >= 15 is 0 Å². The minimum absolute atomic E-state index is 0.0343. The molecule has 3 aromatic carbocycles. The highest BCUT2D eigenvalue weighted by atomic mass is 35.5. The van der Waals surface area contributed by atoms with Crippen molar-refractivity contribution in [3.8, 4) is 17.2 Å². The topological polar surface area (TPSA) is 107 Å². The molecule has 39 heavy (non-hydrogen) atoms. The van der Waals surface area contributed by atoms with E-state index in [0.717, 1.165) is 18.2 Å². The molecule has 2 amide bonds. The number of rotatable bonds is 8. The quantitative estimate of drug-likeness (QED) is 0.168. The van der Waals surface area contributed by atoms with Crippen LogP contribution in [0.15, 0.2) is 91.3 Å². The van der Waals surface area contributed by atoms with Gasteiger partial charge in [-0.1, -0.05) is 35.9 Å². The number of hydrogen-bond donors (Lipinski definition) is 4. The fourth-order valence-corrected chi connectivity index (χ4v) is 3.85. The van der Waals surface area contributed by atoms with E-state index in [1.165, 1.54) is 24.4 Å². The number of benzene rings is 3. The summed E-state index contributed by atoms with van der Waals surface area (Å²) in [5.41, 5.74) is -0.269. The lowest BCUT2D eigenvalue weighted by Crippen LogP contribution is -2.34. The largest absolute Gasteiger partial charge is 0.508 e. The Morgan fingerprint density at radius 1 is 1.05 bits per heavy atom. The third kappa shape index (κ3) is 7.26. The molecule has 4 rings (SSSR count). The Kier molecular flexibility index (Phi) is 8.36. The Balaban J connectivity index is 1.61. The van der Waals surface area contributed by atoms with Gasteiger partial charge in [-0.05, 0) is 54.6 Å². The molecule has 1 atom stereocenters. The van der Waals surface area contributed by atoms with Gasteiger partial charge in [0, 0.05) is 40.7 Å². The number of para-hydroxylation sites is 1. The molecule has 200 valence electrons. The zero-order chi connectivity index (χ0) is 28.0. The summed E-state index contributed by atoms with van der Waals surface area (Å²) in [5.74, 6) is 0.134. The molecule has 7 nitrogen and oxygen atoms in total. The first-order chi connectivity index (χ1) is 18.6. The van der Waals surface area contributed by atoms with Crippen LogP contribution in [0.1, 0.15) is 29.2 Å². The fourth-order valence-electron chi connectivity index (χ4n) is 3.72. The summed E-state index contributed by atoms with van der Waals surface area (Å²) in [6, 6.07) is 16.7. The number of aromatic nitrogens is 1. The Morgan fingerprint density at radius 3 is 2.46 bits per heavy atom. The van der Waals surface area contributed by atoms with Crippen molar-refractivity contribution < 1.29 is 27.8 Å². The lowest BCUT2D eigenvalue weighted by Gasteiger charge is -2.22. The molecule has 0 bridgehead atoms. The number of carbonyl (C=O) groups is 1. The number of halogens is 4. The Morgan fingerprint density at radius 2 is 1.79 bits per heavy atom. The highest BCUT2D eigenvalue weighted by Crippen LogP contribution is 2.37. The molecule has 4 N–H and O–H groups in total. The number of amides is 2. The monoisotopic (exact) mass is 554 g/mol. The number of anilines is 1. The van der Waals surface area contributed by atoms with Crippen molar-refractivity contribution in [2.75, 3.05) is 5.32 Å². The van der Waals surface area contributed by atoms with Gasteiger partial charge in [-0.2, -0.15) is 13.2 Å². The van der Waals surface area contributed by atoms with Crippen molar-refractivity contribution in [3.05, 3.63) is 113 Å². The van der Waals surface area contributed by atoms with Crippen LogP contribution in [0.4, 0.5) is 23.7 Å². The second-order valence-corrected chi connectivity index (χ2v) is 8.84. The van der Waals surface area contributed by atoms with Crippen LogP contribution in [0.3, 0.4) is 0 Å². The zero-order valence-corrected chi connectivity index (χ0v) is 20.9. The molecule has 1 unspecified atom stereocenters. The van der Waals surface area contributed by atoms with Gasteiger partial charge in [-0.15, -0.1) is 0 Å². The Labute approximate surface area is 226 Å². The number of aromatic hydroxyl groups is 1. The van der Waals surface area contributed by atoms with Gasteiger partial charge in [0.2, 0.25) is 0 Å². The lowest BCUT2D eigenvalue weighted by molar-refractivity contribution is -0.137. The maximum absolute atomic E-state index is 13.4. The average Bonchev–Trinajstić information content (AvgIpc) is 2.90. The standard InChI is InChI=1S/C28H22ClF3N4O3/c29-19-8-10-20(11-9-19)39-26-12-7-18(28(30,31)32)14-24(26)36-27(38)35-23(21-5-1-2-6-25(21)37)15-22(33)17-4-3-13-34-16-17/h1-14,16,23,33,37H,15H2,(H2,35,36,38). The van der Waals surface area contributed by atoms with Crippen molar-refractivity contribution >= 4 is 29.0 Å². The summed E-state index contributed by atoms with van der Waals surface area (Å²) in [4.78, 5) is 17.1. The number of hydrogen-bond acceptors (Lipinski definition) is 5. The molecule has 4 aromatic rings. The molecular formula is C28H22ClF3N4O3. The van der Waals surface area contributed by atoms with Crippen LogP contribution in [0, 0.1) is 5.41 Å². The van der Waals surface area contributed by atoms with Gasteiger partial charge in [-0.25, -0.2) is 4.79 Å². The molecule has 0 spiro atoms. The highest BCUT2D eigenvalue weighted by Gasteiger charge is 2.32. The van der Waals surface area contributed by atoms with E-state index in [2.05, 4.69) is 15.6 Å². The number of urea groups is 1. The molecule has 11 heteroatoms. The molecule has 0 saturated carbocycles. The Bertz CT molecular complexity index is 1470. The molecule has 1 aromatic heterocycles. The fraction of sp³-hybridized carbons (Fsp3) is 0.107. The predicted octanol–water partition coefficient (Wildman–Crippen LogP) is 7.57. The molecule has 0 aliphatic carbocycles. The molecule has 0 saturated heterocycles. The van der Waals surface area contributed by atoms with E-state index in [1.54, 1.807) is 48.7 Å². The summed E-state index contributed by atoms with van der Waals surface area (Å²) in [7, 11) is 0. The van der Waals surface area contributed by atoms with Crippen LogP contribution in [-0.2, 0) is 6.18 Å². The van der Waals surface area contributed by atoms with Crippen LogP contribution in [0.2, 0.25) is 5.02 Å². The van der Waals surface area contributed by atoms with Crippen LogP contribution < -0.4 is 15.4 Å². The van der Waals surface area contributed by atoms with Crippen LogP contribution in [0.25, 0.3) is 0 Å². The summed E-state index contributed by atoms with van der Waals surface area (Å²) in [6.07, 6.45) is -1.65. The maximum atomic E-state index is 13.4. The van der Waals surface area contributed by atoms with E-state index < -0.39 is 23.8 Å². The molecule has 0 radical (unpaired) electrons. The van der Waals surface area contributed by atoms with Gasteiger partial charge in [0.25, 0.3) is 0 Å². The maximum Gasteiger partial charge on any atom is 0.416 e. The minimum atomic E-state index is -4.66. The van der Waals surface area contributed by atoms with Crippen LogP contribution in [0.5, 0.6) is 17.2 Å². The summed E-state index contributed by atoms with van der Waals surface area (Å²) < 4.78 is 46.1. The van der Waals surface area contributed by atoms with Crippen molar-refractivity contribution in [2.24, 2.45) is 0 Å². The summed E-state index contributed by atoms with van der Waals surface area (Å²) in [6.45, 7) is 0. The predicted molar refractivity (Wildman–Crippen MR) is 142 cm³/mol. The zero-order valence-electron chi connectivity index (χ0n) is 20.2. The van der Waals surface area contributed by atoms with Crippen molar-refractivity contribution in [3.63, 3.8) is 0 Å². The Hall–Kier alpha value is -4.57. The van der Waals surface area contributed by atoms with Crippen LogP contribution in [-0.4, -0.2) is 21.8 Å². The van der Waals surface area contributed by atoms with E-state index in [-0.39, 0.29) is 29.3 Å². The van der Waals surface area contributed by atoms with Gasteiger partial charge in [-0.3, -0.25) is 4.98 Å². The minimum Gasteiger partial charge on any atom is -0.508 e.